The van der Waals surface area contributed by atoms with Crippen molar-refractivity contribution >= 4 is 22.9 Å². The normalized spacial score (nSPS) is 15.9. The Labute approximate surface area is 156 Å². The van der Waals surface area contributed by atoms with Crippen LogP contribution in [0.5, 0.6) is 5.75 Å². The molecule has 1 atom stereocenters. The Morgan fingerprint density at radius 1 is 1.48 bits per heavy atom. The molecule has 1 aliphatic rings. The number of aliphatic hydroxyl groups excluding tert-OH is 1. The van der Waals surface area contributed by atoms with Gasteiger partial charge >= 0.3 is 0 Å². The lowest BCUT2D eigenvalue weighted by Crippen LogP contribution is -2.16. The molecule has 3 heterocycles. The number of fused-ring (bicyclic) bond motifs is 1. The number of nitrogens with one attached hydrogen (secondary N) is 1. The topological polar surface area (TPSA) is 89.3 Å². The molecule has 2 aromatic heterocycles. The summed E-state index contributed by atoms with van der Waals surface area (Å²) in [7, 11) is 1.71. The molecule has 0 fully saturated rings. The van der Waals surface area contributed by atoms with Gasteiger partial charge < -0.3 is 15.2 Å². The Morgan fingerprint density at radius 3 is 3.04 bits per heavy atom. The van der Waals surface area contributed by atoms with Crippen LogP contribution in [0.1, 0.15) is 28.6 Å². The third-order valence-electron chi connectivity index (χ3n) is 4.11. The van der Waals surface area contributed by atoms with Gasteiger partial charge in [-0.2, -0.15) is 5.10 Å². The van der Waals surface area contributed by atoms with Crippen molar-refractivity contribution in [2.24, 2.45) is 7.05 Å². The smallest absolute Gasteiger partial charge is 0.275 e. The minimum atomic E-state index is -0.982. The van der Waals surface area contributed by atoms with E-state index in [0.29, 0.717) is 5.69 Å². The summed E-state index contributed by atoms with van der Waals surface area (Å²) in [4.78, 5) is 16.3. The summed E-state index contributed by atoms with van der Waals surface area (Å²) in [5.74, 6) is -2.50. The number of benzene rings is 1. The van der Waals surface area contributed by atoms with E-state index in [2.05, 4.69) is 15.4 Å². The van der Waals surface area contributed by atoms with Gasteiger partial charge in [0.2, 0.25) is 0 Å². The van der Waals surface area contributed by atoms with E-state index in [1.54, 1.807) is 13.2 Å². The van der Waals surface area contributed by atoms with E-state index < -0.39 is 23.6 Å². The predicted octanol–water partition coefficient (Wildman–Crippen LogP) is 2.89. The van der Waals surface area contributed by atoms with Crippen LogP contribution in [-0.4, -0.2) is 32.4 Å². The molecule has 4 rings (SSSR count). The lowest BCUT2D eigenvalue weighted by atomic mass is 10.00. The molecule has 0 saturated heterocycles. The second-order valence-electron chi connectivity index (χ2n) is 6.01. The highest BCUT2D eigenvalue weighted by Gasteiger charge is 2.29. The van der Waals surface area contributed by atoms with Crippen molar-refractivity contribution in [3.63, 3.8) is 0 Å². The van der Waals surface area contributed by atoms with Crippen LogP contribution in [0, 0.1) is 11.6 Å². The van der Waals surface area contributed by atoms with Gasteiger partial charge in [0.25, 0.3) is 5.91 Å². The Bertz CT molecular complexity index is 1030. The first-order valence-corrected chi connectivity index (χ1v) is 8.90. The first-order chi connectivity index (χ1) is 12.9. The summed E-state index contributed by atoms with van der Waals surface area (Å²) in [6, 6.07) is 1.05. The molecule has 0 saturated carbocycles. The Balaban J connectivity index is 1.66. The van der Waals surface area contributed by atoms with E-state index in [0.717, 1.165) is 17.4 Å². The summed E-state index contributed by atoms with van der Waals surface area (Å²) in [5.41, 5.74) is 0.196. The molecular weight excluding hydrogens is 378 g/mol. The van der Waals surface area contributed by atoms with Gasteiger partial charge in [0.05, 0.1) is 30.2 Å². The molecule has 3 aromatic rings. The molecule has 27 heavy (non-hydrogen) atoms. The largest absolute Gasteiger partial charge is 0.490 e. The number of rotatable bonds is 3. The summed E-state index contributed by atoms with van der Waals surface area (Å²) in [6.07, 6.45) is 2.36. The molecule has 1 aromatic carbocycles. The van der Waals surface area contributed by atoms with E-state index >= 15 is 0 Å². The maximum absolute atomic E-state index is 14.8. The molecular formula is C17H14F2N4O3S. The van der Waals surface area contributed by atoms with Crippen LogP contribution in [-0.2, 0) is 7.05 Å². The molecule has 0 unspecified atom stereocenters. The highest BCUT2D eigenvalue weighted by Crippen LogP contribution is 2.41. The lowest BCUT2D eigenvalue weighted by Gasteiger charge is -2.23. The summed E-state index contributed by atoms with van der Waals surface area (Å²) < 4.78 is 36.1. The highest BCUT2D eigenvalue weighted by molar-refractivity contribution is 7.13. The number of carbonyl (C=O) groups is 1. The molecule has 1 amide bonds. The molecule has 7 nitrogen and oxygen atoms in total. The number of hydrogen-bond acceptors (Lipinski definition) is 6. The van der Waals surface area contributed by atoms with Gasteiger partial charge in [0.15, 0.2) is 11.6 Å². The highest BCUT2D eigenvalue weighted by atomic mass is 32.1. The zero-order valence-corrected chi connectivity index (χ0v) is 14.9. The van der Waals surface area contributed by atoms with Crippen LogP contribution in [0.2, 0.25) is 0 Å². The molecule has 0 radical (unpaired) electrons. The molecule has 1 aliphatic heterocycles. The summed E-state index contributed by atoms with van der Waals surface area (Å²) >= 11 is 0.936. The number of aliphatic hydroxyl groups is 1. The van der Waals surface area contributed by atoms with Gasteiger partial charge in [-0.05, 0) is 6.07 Å². The number of aromatic nitrogens is 3. The standard InChI is InChI=1S/C17H14F2N4O3S/c1-23-6-8(5-20-23)21-16(25)11-7-27-17(22-11)13-10(18)4-9-12(24)2-3-26-15(9)14(13)19/h4-7,12,24H,2-3H2,1H3,(H,21,25)/t12-/m0/s1. The van der Waals surface area contributed by atoms with E-state index in [-0.39, 0.29) is 40.6 Å². The van der Waals surface area contributed by atoms with Crippen molar-refractivity contribution in [3.8, 4) is 16.3 Å². The number of anilines is 1. The van der Waals surface area contributed by atoms with Crippen LogP contribution < -0.4 is 10.1 Å². The zero-order valence-electron chi connectivity index (χ0n) is 14.1. The number of thiazole rings is 1. The van der Waals surface area contributed by atoms with Crippen LogP contribution in [0.4, 0.5) is 14.5 Å². The second kappa shape index (κ2) is 6.71. The fraction of sp³-hybridized carbons (Fsp3) is 0.235. The van der Waals surface area contributed by atoms with Crippen molar-refractivity contribution in [1.82, 2.24) is 14.8 Å². The maximum atomic E-state index is 14.8. The Kier molecular flexibility index (Phi) is 4.36. The van der Waals surface area contributed by atoms with E-state index in [4.69, 9.17) is 4.74 Å². The Hall–Kier alpha value is -2.85. The van der Waals surface area contributed by atoms with Crippen molar-refractivity contribution in [1.29, 1.82) is 0 Å². The molecule has 10 heteroatoms. The van der Waals surface area contributed by atoms with Gasteiger partial charge in [0, 0.05) is 30.6 Å². The van der Waals surface area contributed by atoms with E-state index in [9.17, 15) is 18.7 Å². The van der Waals surface area contributed by atoms with E-state index in [1.165, 1.54) is 16.3 Å². The van der Waals surface area contributed by atoms with Crippen molar-refractivity contribution in [2.75, 3.05) is 11.9 Å². The van der Waals surface area contributed by atoms with Gasteiger partial charge in [-0.3, -0.25) is 9.48 Å². The summed E-state index contributed by atoms with van der Waals surface area (Å²) in [6.45, 7) is 0.132. The fourth-order valence-corrected chi connectivity index (χ4v) is 3.65. The van der Waals surface area contributed by atoms with Crippen LogP contribution in [0.3, 0.4) is 0 Å². The number of aryl methyl sites for hydroxylation is 1. The number of hydrogen-bond donors (Lipinski definition) is 2. The molecule has 0 aliphatic carbocycles. The van der Waals surface area contributed by atoms with Crippen molar-refractivity contribution in [3.05, 3.63) is 46.7 Å². The number of ether oxygens (including phenoxy) is 1. The average molecular weight is 392 g/mol. The Morgan fingerprint density at radius 2 is 2.30 bits per heavy atom. The monoisotopic (exact) mass is 392 g/mol. The van der Waals surface area contributed by atoms with Crippen molar-refractivity contribution < 1.29 is 23.4 Å². The van der Waals surface area contributed by atoms with Gasteiger partial charge in [-0.25, -0.2) is 13.8 Å². The third kappa shape index (κ3) is 3.17. The van der Waals surface area contributed by atoms with Gasteiger partial charge in [0.1, 0.15) is 16.5 Å². The predicted molar refractivity (Wildman–Crippen MR) is 93.7 cm³/mol. The van der Waals surface area contributed by atoms with Crippen molar-refractivity contribution in [2.45, 2.75) is 12.5 Å². The molecule has 0 spiro atoms. The fourth-order valence-electron chi connectivity index (χ4n) is 2.81. The quantitative estimate of drug-likeness (QED) is 0.716. The number of nitrogens with zero attached hydrogens (tertiary/aromatic N) is 3. The zero-order chi connectivity index (χ0) is 19.1. The number of amides is 1. The average Bonchev–Trinajstić information content (AvgIpc) is 3.25. The molecule has 2 N–H and O–H groups in total. The maximum Gasteiger partial charge on any atom is 0.275 e. The second-order valence-corrected chi connectivity index (χ2v) is 6.87. The first kappa shape index (κ1) is 17.6. The third-order valence-corrected chi connectivity index (χ3v) is 4.97. The number of carbonyl (C=O) groups excluding carboxylic acids is 1. The minimum absolute atomic E-state index is 0.00722. The van der Waals surface area contributed by atoms with E-state index in [1.807, 2.05) is 0 Å². The number of halogens is 2. The van der Waals surface area contributed by atoms with Crippen LogP contribution in [0.25, 0.3) is 10.6 Å². The lowest BCUT2D eigenvalue weighted by molar-refractivity contribution is 0.102. The summed E-state index contributed by atoms with van der Waals surface area (Å²) in [5, 5.41) is 17.9. The SMILES string of the molecule is Cn1cc(NC(=O)c2csc(-c3c(F)cc4c(c3F)OCC[C@@H]4O)n2)cn1. The molecule has 0 bridgehead atoms. The minimum Gasteiger partial charge on any atom is -0.490 e. The van der Waals surface area contributed by atoms with Gasteiger partial charge in [-0.15, -0.1) is 11.3 Å². The van der Waals surface area contributed by atoms with Crippen LogP contribution >= 0.6 is 11.3 Å². The van der Waals surface area contributed by atoms with Crippen LogP contribution in [0.15, 0.2) is 23.8 Å². The first-order valence-electron chi connectivity index (χ1n) is 8.02. The van der Waals surface area contributed by atoms with Gasteiger partial charge in [-0.1, -0.05) is 0 Å². The molecule has 140 valence electrons.